The highest BCUT2D eigenvalue weighted by molar-refractivity contribution is 6.30. The summed E-state index contributed by atoms with van der Waals surface area (Å²) in [7, 11) is 0. The van der Waals surface area contributed by atoms with E-state index in [2.05, 4.69) is 5.32 Å². The molecule has 2 aromatic carbocycles. The van der Waals surface area contributed by atoms with Crippen LogP contribution in [0.2, 0.25) is 5.02 Å². The summed E-state index contributed by atoms with van der Waals surface area (Å²) in [6, 6.07) is 10.5. The molecule has 0 aromatic heterocycles. The molecule has 7 heteroatoms. The largest absolute Gasteiger partial charge is 0.482 e. The summed E-state index contributed by atoms with van der Waals surface area (Å²) in [5.41, 5.74) is 2.47. The first kappa shape index (κ1) is 21.6. The predicted molar refractivity (Wildman–Crippen MR) is 107 cm³/mol. The molecular weight excluding hydrogens is 382 g/mol. The van der Waals surface area contributed by atoms with Crippen molar-refractivity contribution in [2.45, 2.75) is 33.9 Å². The van der Waals surface area contributed by atoms with E-state index in [1.165, 1.54) is 6.92 Å². The van der Waals surface area contributed by atoms with Crippen molar-refractivity contribution < 1.29 is 23.8 Å². The smallest absolute Gasteiger partial charge is 0.344 e. The fourth-order valence-electron chi connectivity index (χ4n) is 2.65. The van der Waals surface area contributed by atoms with Crippen molar-refractivity contribution in [1.29, 1.82) is 0 Å². The highest BCUT2D eigenvalue weighted by atomic mass is 35.5. The van der Waals surface area contributed by atoms with Crippen molar-refractivity contribution >= 4 is 23.5 Å². The molecule has 6 nitrogen and oxygen atoms in total. The first-order valence-electron chi connectivity index (χ1n) is 8.89. The Morgan fingerprint density at radius 2 is 1.71 bits per heavy atom. The fourth-order valence-corrected chi connectivity index (χ4v) is 2.98. The standard InChI is InChI=1S/C21H24ClNO5/c1-5-26-19(25)12-27-18-8-6-16(7-9-18)21(23-15(4)24)28-20-13(2)10-17(22)11-14(20)3/h6-11,21H,5,12H2,1-4H3,(H,23,24). The molecule has 2 aromatic rings. The van der Waals surface area contributed by atoms with E-state index in [4.69, 9.17) is 25.8 Å². The monoisotopic (exact) mass is 405 g/mol. The molecule has 1 N–H and O–H groups in total. The van der Waals surface area contributed by atoms with E-state index in [1.807, 2.05) is 13.8 Å². The SMILES string of the molecule is CCOC(=O)COc1ccc(C(NC(C)=O)Oc2c(C)cc(Cl)cc2C)cc1. The third-order valence-corrected chi connectivity index (χ3v) is 4.06. The van der Waals surface area contributed by atoms with Crippen molar-refractivity contribution in [3.8, 4) is 11.5 Å². The second kappa shape index (κ2) is 9.99. The van der Waals surface area contributed by atoms with Crippen LogP contribution in [0.5, 0.6) is 11.5 Å². The zero-order chi connectivity index (χ0) is 20.7. The van der Waals surface area contributed by atoms with E-state index in [0.29, 0.717) is 23.1 Å². The molecule has 0 radical (unpaired) electrons. The minimum Gasteiger partial charge on any atom is -0.482 e. The highest BCUT2D eigenvalue weighted by Gasteiger charge is 2.18. The van der Waals surface area contributed by atoms with Gasteiger partial charge in [-0.3, -0.25) is 4.79 Å². The lowest BCUT2D eigenvalue weighted by Crippen LogP contribution is -2.30. The quantitative estimate of drug-likeness (QED) is 0.528. The molecule has 28 heavy (non-hydrogen) atoms. The minimum atomic E-state index is -0.685. The summed E-state index contributed by atoms with van der Waals surface area (Å²) in [5, 5.41) is 3.42. The van der Waals surface area contributed by atoms with Crippen molar-refractivity contribution in [2.75, 3.05) is 13.2 Å². The topological polar surface area (TPSA) is 73.9 Å². The van der Waals surface area contributed by atoms with Gasteiger partial charge in [-0.05, 0) is 68.3 Å². The highest BCUT2D eigenvalue weighted by Crippen LogP contribution is 2.31. The Morgan fingerprint density at radius 1 is 1.11 bits per heavy atom. The van der Waals surface area contributed by atoms with Crippen LogP contribution in [0.4, 0.5) is 0 Å². The first-order chi connectivity index (χ1) is 13.3. The summed E-state index contributed by atoms with van der Waals surface area (Å²) in [5.74, 6) is 0.514. The van der Waals surface area contributed by atoms with Crippen molar-refractivity contribution in [2.24, 2.45) is 0 Å². The summed E-state index contributed by atoms with van der Waals surface area (Å²) in [6.07, 6.45) is -0.685. The molecule has 0 saturated heterocycles. The number of hydrogen-bond acceptors (Lipinski definition) is 5. The van der Waals surface area contributed by atoms with Crippen LogP contribution in [0.15, 0.2) is 36.4 Å². The lowest BCUT2D eigenvalue weighted by atomic mass is 10.1. The van der Waals surface area contributed by atoms with Gasteiger partial charge in [0.1, 0.15) is 11.5 Å². The number of nitrogens with one attached hydrogen (secondary N) is 1. The van der Waals surface area contributed by atoms with E-state index in [-0.39, 0.29) is 12.5 Å². The second-order valence-corrected chi connectivity index (χ2v) is 6.67. The number of amides is 1. The molecule has 0 heterocycles. The average molecular weight is 406 g/mol. The van der Waals surface area contributed by atoms with Gasteiger partial charge in [0, 0.05) is 17.5 Å². The van der Waals surface area contributed by atoms with Gasteiger partial charge in [-0.25, -0.2) is 4.79 Å². The number of ether oxygens (including phenoxy) is 3. The number of aryl methyl sites for hydroxylation is 2. The zero-order valence-corrected chi connectivity index (χ0v) is 17.1. The van der Waals surface area contributed by atoms with Crippen LogP contribution in [0.25, 0.3) is 0 Å². The molecule has 0 aliphatic heterocycles. The number of rotatable bonds is 8. The van der Waals surface area contributed by atoms with Gasteiger partial charge >= 0.3 is 5.97 Å². The maximum absolute atomic E-state index is 11.7. The molecule has 0 aliphatic rings. The third-order valence-electron chi connectivity index (χ3n) is 3.84. The third kappa shape index (κ3) is 6.16. The Hall–Kier alpha value is -2.73. The van der Waals surface area contributed by atoms with Gasteiger partial charge in [0.25, 0.3) is 0 Å². The molecule has 2 rings (SSSR count). The van der Waals surface area contributed by atoms with E-state index in [1.54, 1.807) is 43.3 Å². The molecule has 0 saturated carbocycles. The molecule has 0 aliphatic carbocycles. The van der Waals surface area contributed by atoms with Crippen LogP contribution in [0, 0.1) is 13.8 Å². The van der Waals surface area contributed by atoms with E-state index < -0.39 is 12.2 Å². The van der Waals surface area contributed by atoms with Crippen molar-refractivity contribution in [3.63, 3.8) is 0 Å². The maximum Gasteiger partial charge on any atom is 0.344 e. The van der Waals surface area contributed by atoms with Gasteiger partial charge in [-0.1, -0.05) is 11.6 Å². The number of hydrogen-bond donors (Lipinski definition) is 1. The Kier molecular flexibility index (Phi) is 7.70. The van der Waals surface area contributed by atoms with Crippen molar-refractivity contribution in [3.05, 3.63) is 58.1 Å². The molecular formula is C21H24ClNO5. The number of carbonyl (C=O) groups is 2. The van der Waals surface area contributed by atoms with Crippen LogP contribution in [-0.4, -0.2) is 25.1 Å². The van der Waals surface area contributed by atoms with Crippen LogP contribution in [-0.2, 0) is 14.3 Å². The van der Waals surface area contributed by atoms with Crippen molar-refractivity contribution in [1.82, 2.24) is 5.32 Å². The summed E-state index contributed by atoms with van der Waals surface area (Å²) in [6.45, 7) is 7.09. The van der Waals surface area contributed by atoms with E-state index >= 15 is 0 Å². The second-order valence-electron chi connectivity index (χ2n) is 6.23. The van der Waals surface area contributed by atoms with Gasteiger partial charge in [0.2, 0.25) is 5.91 Å². The average Bonchev–Trinajstić information content (AvgIpc) is 2.62. The number of benzene rings is 2. The van der Waals surface area contributed by atoms with Gasteiger partial charge in [0.05, 0.1) is 6.61 Å². The minimum absolute atomic E-state index is 0.165. The summed E-state index contributed by atoms with van der Waals surface area (Å²) < 4.78 is 16.3. The predicted octanol–water partition coefficient (Wildman–Crippen LogP) is 4.11. The van der Waals surface area contributed by atoms with Gasteiger partial charge in [-0.15, -0.1) is 0 Å². The van der Waals surface area contributed by atoms with Gasteiger partial charge < -0.3 is 19.5 Å². The molecule has 0 fully saturated rings. The first-order valence-corrected chi connectivity index (χ1v) is 9.26. The van der Waals surface area contributed by atoms with Gasteiger partial charge in [-0.2, -0.15) is 0 Å². The molecule has 1 unspecified atom stereocenters. The van der Waals surface area contributed by atoms with Crippen LogP contribution < -0.4 is 14.8 Å². The number of halogens is 1. The lowest BCUT2D eigenvalue weighted by molar-refractivity contribution is -0.145. The molecule has 1 amide bonds. The maximum atomic E-state index is 11.7. The lowest BCUT2D eigenvalue weighted by Gasteiger charge is -2.23. The van der Waals surface area contributed by atoms with Crippen LogP contribution in [0.3, 0.4) is 0 Å². The Bertz CT molecular complexity index is 812. The fraction of sp³-hybridized carbons (Fsp3) is 0.333. The van der Waals surface area contributed by atoms with Crippen LogP contribution >= 0.6 is 11.6 Å². The summed E-state index contributed by atoms with van der Waals surface area (Å²) >= 11 is 6.08. The molecule has 1 atom stereocenters. The Labute approximate surface area is 169 Å². The Morgan fingerprint density at radius 3 is 2.25 bits per heavy atom. The summed E-state index contributed by atoms with van der Waals surface area (Å²) in [4.78, 5) is 23.0. The Balaban J connectivity index is 2.17. The molecule has 150 valence electrons. The van der Waals surface area contributed by atoms with E-state index in [9.17, 15) is 9.59 Å². The van der Waals surface area contributed by atoms with Gasteiger partial charge in [0.15, 0.2) is 12.8 Å². The number of carbonyl (C=O) groups excluding carboxylic acids is 2. The number of esters is 1. The normalized spacial score (nSPS) is 11.5. The molecule has 0 bridgehead atoms. The molecule has 0 spiro atoms. The van der Waals surface area contributed by atoms with Crippen LogP contribution in [0.1, 0.15) is 36.8 Å². The van der Waals surface area contributed by atoms with E-state index in [0.717, 1.165) is 16.7 Å². The zero-order valence-electron chi connectivity index (χ0n) is 16.4.